The molecule has 1 saturated heterocycles. The lowest BCUT2D eigenvalue weighted by molar-refractivity contribution is -0.144. The third-order valence-electron chi connectivity index (χ3n) is 6.88. The normalized spacial score (nSPS) is 14.6. The van der Waals surface area contributed by atoms with Crippen molar-refractivity contribution in [3.8, 4) is 11.5 Å². The number of esters is 1. The van der Waals surface area contributed by atoms with Crippen molar-refractivity contribution in [1.82, 2.24) is 4.90 Å². The molecule has 4 N–H and O–H groups in total. The molecule has 1 aliphatic rings. The highest BCUT2D eigenvalue weighted by Crippen LogP contribution is 2.42. The number of hydrogen-bond acceptors (Lipinski definition) is 7. The first kappa shape index (κ1) is 33.0. The van der Waals surface area contributed by atoms with E-state index in [1.165, 1.54) is 31.2 Å². The molecule has 1 fully saturated rings. The zero-order valence-corrected chi connectivity index (χ0v) is 23.9. The van der Waals surface area contributed by atoms with Crippen LogP contribution in [0.5, 0.6) is 11.5 Å². The summed E-state index contributed by atoms with van der Waals surface area (Å²) in [5.41, 5.74) is 5.02. The summed E-state index contributed by atoms with van der Waals surface area (Å²) in [4.78, 5) is 43.5. The van der Waals surface area contributed by atoms with E-state index in [1.54, 1.807) is 24.0 Å². The molecule has 2 aromatic carbocycles. The van der Waals surface area contributed by atoms with Crippen LogP contribution in [0.15, 0.2) is 47.5 Å². The molecule has 0 spiro atoms. The molecule has 3 rings (SSSR count). The molecule has 2 amide bonds. The predicted octanol–water partition coefficient (Wildman–Crippen LogP) is 4.22. The molecule has 10 nitrogen and oxygen atoms in total. The number of likely N-dealkylation sites (tertiary alicyclic amines) is 1. The second kappa shape index (κ2) is 14.6. The topological polar surface area (TPSA) is 146 Å². The average molecular weight is 605 g/mol. The molecule has 0 saturated carbocycles. The van der Waals surface area contributed by atoms with Gasteiger partial charge in [-0.15, -0.1) is 0 Å². The number of alkyl halides is 3. The number of nitrogens with zero attached hydrogens (tertiary/aromatic N) is 3. The van der Waals surface area contributed by atoms with Crippen molar-refractivity contribution < 1.29 is 42.5 Å². The number of carbonyl (C=O) groups excluding carboxylic acids is 3. The number of aliphatic imine (C=N–C) groups is 1. The molecule has 1 heterocycles. The fourth-order valence-electron chi connectivity index (χ4n) is 4.67. The van der Waals surface area contributed by atoms with Gasteiger partial charge in [0.15, 0.2) is 0 Å². The van der Waals surface area contributed by atoms with E-state index in [2.05, 4.69) is 4.99 Å². The van der Waals surface area contributed by atoms with Crippen LogP contribution >= 0.6 is 0 Å². The number of amidine groups is 1. The molecule has 0 aromatic heterocycles. The number of phenols is 2. The zero-order chi connectivity index (χ0) is 31.7. The number of anilines is 1. The second-order valence-corrected chi connectivity index (χ2v) is 9.91. The van der Waals surface area contributed by atoms with Crippen LogP contribution in [0.2, 0.25) is 0 Å². The summed E-state index contributed by atoms with van der Waals surface area (Å²) in [6.45, 7) is 3.95. The van der Waals surface area contributed by atoms with Crippen molar-refractivity contribution in [2.45, 2.75) is 51.7 Å². The molecule has 43 heavy (non-hydrogen) atoms. The third-order valence-corrected chi connectivity index (χ3v) is 6.88. The SMILES string of the molecule is CCOC(=O)CCC(=O)N(C/C=C/c1cc(C(N)=NC2CCN(C(C)=O)CC2)ccc1O)c1cccc(O)c1C(F)(F)F. The molecule has 2 aromatic rings. The van der Waals surface area contributed by atoms with Crippen LogP contribution in [0.25, 0.3) is 6.08 Å². The van der Waals surface area contributed by atoms with Gasteiger partial charge in [-0.05, 0) is 50.1 Å². The summed E-state index contributed by atoms with van der Waals surface area (Å²) in [5.74, 6) is -2.45. The minimum absolute atomic E-state index is 0.00308. The largest absolute Gasteiger partial charge is 0.507 e. The molecule has 0 radical (unpaired) electrons. The van der Waals surface area contributed by atoms with Crippen LogP contribution in [-0.4, -0.2) is 71.0 Å². The fraction of sp³-hybridized carbons (Fsp3) is 0.400. The number of halogens is 3. The van der Waals surface area contributed by atoms with Crippen LogP contribution in [0.1, 0.15) is 56.2 Å². The van der Waals surface area contributed by atoms with Gasteiger partial charge in [0.25, 0.3) is 0 Å². The maximum absolute atomic E-state index is 13.9. The first-order chi connectivity index (χ1) is 20.3. The number of piperidine rings is 1. The standard InChI is InChI=1S/C30H35F3N4O6/c1-3-43-27(42)12-11-26(41)37(23-7-4-8-25(40)28(23)30(31,32)33)15-5-6-20-18-21(9-10-24(20)39)29(34)35-22-13-16-36(17-14-22)19(2)38/h4-10,18,22,39-40H,3,11-17H2,1-2H3,(H2,34,35)/b6-5+. The monoisotopic (exact) mass is 604 g/mol. The molecule has 0 aliphatic carbocycles. The van der Waals surface area contributed by atoms with Gasteiger partial charge in [-0.3, -0.25) is 19.4 Å². The summed E-state index contributed by atoms with van der Waals surface area (Å²) >= 11 is 0. The van der Waals surface area contributed by atoms with Crippen molar-refractivity contribution in [3.05, 3.63) is 59.2 Å². The van der Waals surface area contributed by atoms with Gasteiger partial charge in [-0.2, -0.15) is 13.2 Å². The number of ether oxygens (including phenoxy) is 1. The van der Waals surface area contributed by atoms with E-state index in [0.29, 0.717) is 31.5 Å². The van der Waals surface area contributed by atoms with Gasteiger partial charge in [-0.25, -0.2) is 0 Å². The van der Waals surface area contributed by atoms with E-state index in [0.717, 1.165) is 17.0 Å². The Morgan fingerprint density at radius 2 is 1.81 bits per heavy atom. The molecular formula is C30H35F3N4O6. The minimum atomic E-state index is -4.98. The summed E-state index contributed by atoms with van der Waals surface area (Å²) in [6, 6.07) is 7.54. The Morgan fingerprint density at radius 1 is 1.12 bits per heavy atom. The Bertz CT molecular complexity index is 1380. The van der Waals surface area contributed by atoms with E-state index in [-0.39, 0.29) is 48.7 Å². The first-order valence-electron chi connectivity index (χ1n) is 13.8. The van der Waals surface area contributed by atoms with Crippen molar-refractivity contribution in [3.63, 3.8) is 0 Å². The Balaban J connectivity index is 1.85. The lowest BCUT2D eigenvalue weighted by Crippen LogP contribution is -2.38. The molecule has 0 unspecified atom stereocenters. The van der Waals surface area contributed by atoms with Crippen LogP contribution in [-0.2, 0) is 25.3 Å². The van der Waals surface area contributed by atoms with E-state index < -0.39 is 41.5 Å². The van der Waals surface area contributed by atoms with Gasteiger partial charge in [0, 0.05) is 44.1 Å². The molecule has 232 valence electrons. The van der Waals surface area contributed by atoms with Crippen LogP contribution in [0.3, 0.4) is 0 Å². The van der Waals surface area contributed by atoms with Gasteiger partial charge < -0.3 is 30.5 Å². The number of hydrogen-bond donors (Lipinski definition) is 3. The Labute approximate surface area is 247 Å². The lowest BCUT2D eigenvalue weighted by atomic mass is 10.0. The van der Waals surface area contributed by atoms with E-state index >= 15 is 0 Å². The third kappa shape index (κ3) is 8.97. The summed E-state index contributed by atoms with van der Waals surface area (Å²) < 4.78 is 46.4. The van der Waals surface area contributed by atoms with Crippen molar-refractivity contribution in [2.24, 2.45) is 10.7 Å². The van der Waals surface area contributed by atoms with Crippen LogP contribution in [0.4, 0.5) is 18.9 Å². The first-order valence-corrected chi connectivity index (χ1v) is 13.8. The smallest absolute Gasteiger partial charge is 0.421 e. The number of phenolic OH excluding ortho intramolecular Hbond substituents is 2. The lowest BCUT2D eigenvalue weighted by Gasteiger charge is -2.29. The summed E-state index contributed by atoms with van der Waals surface area (Å²) in [6.07, 6.45) is -1.66. The van der Waals surface area contributed by atoms with Gasteiger partial charge in [0.05, 0.1) is 24.8 Å². The van der Waals surface area contributed by atoms with Gasteiger partial charge >= 0.3 is 12.1 Å². The maximum atomic E-state index is 13.9. The van der Waals surface area contributed by atoms with Crippen LogP contribution < -0.4 is 10.6 Å². The zero-order valence-electron chi connectivity index (χ0n) is 23.9. The average Bonchev–Trinajstić information content (AvgIpc) is 2.94. The van der Waals surface area contributed by atoms with E-state index in [4.69, 9.17) is 10.5 Å². The molecule has 0 atom stereocenters. The number of amides is 2. The number of rotatable bonds is 10. The molecule has 1 aliphatic heterocycles. The van der Waals surface area contributed by atoms with Gasteiger partial charge in [0.1, 0.15) is 22.9 Å². The highest BCUT2D eigenvalue weighted by Gasteiger charge is 2.39. The van der Waals surface area contributed by atoms with Gasteiger partial charge in [-0.1, -0.05) is 18.2 Å². The predicted molar refractivity (Wildman–Crippen MR) is 154 cm³/mol. The molecule has 0 bridgehead atoms. The summed E-state index contributed by atoms with van der Waals surface area (Å²) in [5, 5.41) is 20.4. The maximum Gasteiger partial charge on any atom is 0.421 e. The Morgan fingerprint density at radius 3 is 2.44 bits per heavy atom. The number of benzene rings is 2. The Kier molecular flexibility index (Phi) is 11.2. The van der Waals surface area contributed by atoms with Crippen LogP contribution in [0, 0.1) is 0 Å². The number of carbonyl (C=O) groups is 3. The highest BCUT2D eigenvalue weighted by atomic mass is 19.4. The quantitative estimate of drug-likeness (QED) is 0.209. The minimum Gasteiger partial charge on any atom is -0.507 e. The van der Waals surface area contributed by atoms with Gasteiger partial charge in [0.2, 0.25) is 11.8 Å². The molecular weight excluding hydrogens is 569 g/mol. The molecule has 13 heteroatoms. The Hall–Kier alpha value is -4.55. The van der Waals surface area contributed by atoms with E-state index in [1.807, 2.05) is 0 Å². The van der Waals surface area contributed by atoms with Crippen molar-refractivity contribution >= 4 is 35.4 Å². The second-order valence-electron chi connectivity index (χ2n) is 9.91. The van der Waals surface area contributed by atoms with E-state index in [9.17, 15) is 37.8 Å². The number of nitrogens with two attached hydrogens (primary N) is 1. The summed E-state index contributed by atoms with van der Waals surface area (Å²) in [7, 11) is 0. The number of aromatic hydroxyl groups is 2. The fourth-order valence-corrected chi connectivity index (χ4v) is 4.67. The van der Waals surface area contributed by atoms with Crippen molar-refractivity contribution in [1.29, 1.82) is 0 Å². The van der Waals surface area contributed by atoms with Crippen molar-refractivity contribution in [2.75, 3.05) is 31.1 Å². The highest BCUT2D eigenvalue weighted by molar-refractivity contribution is 5.98.